The van der Waals surface area contributed by atoms with Crippen molar-refractivity contribution in [3.8, 4) is 5.75 Å². The van der Waals surface area contributed by atoms with E-state index >= 15 is 0 Å². The van der Waals surface area contributed by atoms with Crippen LogP contribution in [-0.4, -0.2) is 28.9 Å². The minimum Gasteiger partial charge on any atom is -0.497 e. The van der Waals surface area contributed by atoms with Crippen molar-refractivity contribution in [2.75, 3.05) is 23.1 Å². The molecule has 2 amide bonds. The first kappa shape index (κ1) is 21.1. The molecule has 2 aromatic carbocycles. The maximum absolute atomic E-state index is 13.0. The molecule has 9 nitrogen and oxygen atoms in total. The molecule has 0 saturated heterocycles. The summed E-state index contributed by atoms with van der Waals surface area (Å²) in [6.45, 7) is 3.80. The molecule has 0 saturated carbocycles. The van der Waals surface area contributed by atoms with E-state index in [0.717, 1.165) is 11.1 Å². The Morgan fingerprint density at radius 3 is 2.59 bits per heavy atom. The highest BCUT2D eigenvalue weighted by Crippen LogP contribution is 2.31. The number of ether oxygens (including phenoxy) is 1. The van der Waals surface area contributed by atoms with Gasteiger partial charge in [0.2, 0.25) is 17.8 Å². The summed E-state index contributed by atoms with van der Waals surface area (Å²) in [5.74, 6) is -0.862. The molecule has 1 aliphatic rings. The van der Waals surface area contributed by atoms with Crippen LogP contribution in [0.3, 0.4) is 0 Å². The Morgan fingerprint density at radius 1 is 1.12 bits per heavy atom. The highest BCUT2D eigenvalue weighted by atomic mass is 16.5. The lowest BCUT2D eigenvalue weighted by molar-refractivity contribution is -0.123. The predicted octanol–water partition coefficient (Wildman–Crippen LogP) is 3.20. The van der Waals surface area contributed by atoms with Crippen molar-refractivity contribution in [3.05, 3.63) is 69.5 Å². The number of hydrogen-bond acceptors (Lipinski definition) is 6. The minimum absolute atomic E-state index is 0.0714. The number of nitrogens with zero attached hydrogens (tertiary/aromatic N) is 1. The number of H-pyrrole nitrogens is 1. The number of aryl methyl sites for hydroxylation is 2. The summed E-state index contributed by atoms with van der Waals surface area (Å²) >= 11 is 0. The summed E-state index contributed by atoms with van der Waals surface area (Å²) in [5.41, 5.74) is 2.82. The average Bonchev–Trinajstić information content (AvgIpc) is 2.76. The molecule has 1 aliphatic heterocycles. The van der Waals surface area contributed by atoms with E-state index in [1.807, 2.05) is 32.0 Å². The van der Waals surface area contributed by atoms with Gasteiger partial charge in [-0.15, -0.1) is 0 Å². The molecule has 0 bridgehead atoms. The molecule has 32 heavy (non-hydrogen) atoms. The van der Waals surface area contributed by atoms with Crippen molar-refractivity contribution in [1.29, 1.82) is 0 Å². The normalized spacial score (nSPS) is 14.8. The van der Waals surface area contributed by atoms with Gasteiger partial charge in [-0.05, 0) is 55.3 Å². The fraction of sp³-hybridized carbons (Fsp3) is 0.217. The maximum Gasteiger partial charge on any atom is 0.258 e. The Bertz CT molecular complexity index is 1250. The van der Waals surface area contributed by atoms with Gasteiger partial charge < -0.3 is 20.7 Å². The Kier molecular flexibility index (Phi) is 5.63. The molecule has 0 radical (unpaired) electrons. The lowest BCUT2D eigenvalue weighted by Crippen LogP contribution is -2.36. The molecule has 0 aliphatic carbocycles. The van der Waals surface area contributed by atoms with Gasteiger partial charge in [0.05, 0.1) is 18.6 Å². The second-order valence-electron chi connectivity index (χ2n) is 7.64. The summed E-state index contributed by atoms with van der Waals surface area (Å²) < 4.78 is 5.13. The lowest BCUT2D eigenvalue weighted by atomic mass is 9.92. The number of aromatic nitrogens is 2. The van der Waals surface area contributed by atoms with E-state index in [-0.39, 0.29) is 29.7 Å². The monoisotopic (exact) mass is 433 g/mol. The first-order valence-corrected chi connectivity index (χ1v) is 10.1. The van der Waals surface area contributed by atoms with Crippen molar-refractivity contribution >= 4 is 35.0 Å². The summed E-state index contributed by atoms with van der Waals surface area (Å²) in [6.07, 6.45) is -0.139. The van der Waals surface area contributed by atoms with Gasteiger partial charge in [-0.2, -0.15) is 4.98 Å². The number of aromatic amines is 1. The van der Waals surface area contributed by atoms with E-state index in [2.05, 4.69) is 25.9 Å². The van der Waals surface area contributed by atoms with E-state index in [9.17, 15) is 14.4 Å². The van der Waals surface area contributed by atoms with E-state index in [1.165, 1.54) is 0 Å². The Hall–Kier alpha value is -4.14. The molecule has 2 heterocycles. The standard InChI is InChI=1S/C23H23N5O4/c1-12-4-5-13(2)17(10-12)25-21(30)16-11-18(29)26-20-19(16)22(31)28-23(27-20)24-14-6-8-15(32-3)9-7-14/h4-10,16H,11H2,1-3H3,(H,25,30)(H3,24,26,27,28,29,31)/t16-/m1/s1. The van der Waals surface area contributed by atoms with Crippen molar-refractivity contribution < 1.29 is 14.3 Å². The molecule has 1 atom stereocenters. The third kappa shape index (κ3) is 4.31. The molecular weight excluding hydrogens is 410 g/mol. The number of nitrogens with one attached hydrogen (secondary N) is 4. The van der Waals surface area contributed by atoms with Crippen LogP contribution in [-0.2, 0) is 9.59 Å². The van der Waals surface area contributed by atoms with Crippen LogP contribution in [0.4, 0.5) is 23.1 Å². The average molecular weight is 433 g/mol. The predicted molar refractivity (Wildman–Crippen MR) is 122 cm³/mol. The second-order valence-corrected chi connectivity index (χ2v) is 7.64. The molecule has 3 aromatic rings. The van der Waals surface area contributed by atoms with Crippen LogP contribution in [0, 0.1) is 13.8 Å². The van der Waals surface area contributed by atoms with E-state index < -0.39 is 17.4 Å². The topological polar surface area (TPSA) is 125 Å². The maximum atomic E-state index is 13.0. The van der Waals surface area contributed by atoms with Crippen LogP contribution in [0.1, 0.15) is 29.0 Å². The number of anilines is 4. The van der Waals surface area contributed by atoms with Gasteiger partial charge in [0.25, 0.3) is 5.56 Å². The van der Waals surface area contributed by atoms with Crippen molar-refractivity contribution in [3.63, 3.8) is 0 Å². The van der Waals surface area contributed by atoms with E-state index in [4.69, 9.17) is 4.74 Å². The second kappa shape index (κ2) is 8.54. The molecule has 1 aromatic heterocycles. The number of carbonyl (C=O) groups excluding carboxylic acids is 2. The van der Waals surface area contributed by atoms with Gasteiger partial charge in [-0.25, -0.2) is 0 Å². The highest BCUT2D eigenvalue weighted by Gasteiger charge is 2.35. The Labute approximate surface area is 184 Å². The zero-order valence-corrected chi connectivity index (χ0v) is 17.9. The third-order valence-electron chi connectivity index (χ3n) is 5.27. The Balaban J connectivity index is 1.63. The number of methoxy groups -OCH3 is 1. The van der Waals surface area contributed by atoms with Crippen LogP contribution in [0.25, 0.3) is 0 Å². The number of fused-ring (bicyclic) bond motifs is 1. The fourth-order valence-electron chi connectivity index (χ4n) is 3.56. The third-order valence-corrected chi connectivity index (χ3v) is 5.27. The van der Waals surface area contributed by atoms with Crippen LogP contribution in [0.15, 0.2) is 47.3 Å². The zero-order chi connectivity index (χ0) is 22.8. The van der Waals surface area contributed by atoms with Crippen molar-refractivity contribution in [2.45, 2.75) is 26.2 Å². The molecule has 0 unspecified atom stereocenters. The molecule has 0 fully saturated rings. The number of hydrogen-bond donors (Lipinski definition) is 4. The SMILES string of the molecule is COc1ccc(Nc2nc3c(c(=O)[nH]2)[C@H](C(=O)Nc2cc(C)ccc2C)CC(=O)N3)cc1. The first-order chi connectivity index (χ1) is 15.3. The summed E-state index contributed by atoms with van der Waals surface area (Å²) in [7, 11) is 1.57. The quantitative estimate of drug-likeness (QED) is 0.490. The van der Waals surface area contributed by atoms with Gasteiger partial charge in [0, 0.05) is 17.8 Å². The van der Waals surface area contributed by atoms with E-state index in [0.29, 0.717) is 17.1 Å². The summed E-state index contributed by atoms with van der Waals surface area (Å²) in [4.78, 5) is 45.2. The van der Waals surface area contributed by atoms with Gasteiger partial charge in [-0.3, -0.25) is 19.4 Å². The van der Waals surface area contributed by atoms with Crippen LogP contribution < -0.4 is 26.2 Å². The number of rotatable bonds is 5. The summed E-state index contributed by atoms with van der Waals surface area (Å²) in [5, 5.41) is 8.44. The number of carbonyl (C=O) groups is 2. The van der Waals surface area contributed by atoms with Crippen molar-refractivity contribution in [2.24, 2.45) is 0 Å². The smallest absolute Gasteiger partial charge is 0.258 e. The van der Waals surface area contributed by atoms with Gasteiger partial charge in [0.1, 0.15) is 11.6 Å². The largest absolute Gasteiger partial charge is 0.497 e. The Morgan fingerprint density at radius 2 is 1.88 bits per heavy atom. The molecule has 9 heteroatoms. The molecular formula is C23H23N5O4. The first-order valence-electron chi connectivity index (χ1n) is 10.1. The zero-order valence-electron chi connectivity index (χ0n) is 17.9. The molecule has 164 valence electrons. The van der Waals surface area contributed by atoms with Gasteiger partial charge >= 0.3 is 0 Å². The minimum atomic E-state index is -0.954. The van der Waals surface area contributed by atoms with Crippen molar-refractivity contribution in [1.82, 2.24) is 9.97 Å². The van der Waals surface area contributed by atoms with E-state index in [1.54, 1.807) is 31.4 Å². The molecule has 4 rings (SSSR count). The van der Waals surface area contributed by atoms with Crippen LogP contribution in [0.2, 0.25) is 0 Å². The highest BCUT2D eigenvalue weighted by molar-refractivity contribution is 6.04. The van der Waals surface area contributed by atoms with Crippen LogP contribution in [0.5, 0.6) is 5.75 Å². The molecule has 4 N–H and O–H groups in total. The fourth-order valence-corrected chi connectivity index (χ4v) is 3.56. The van der Waals surface area contributed by atoms with Crippen LogP contribution >= 0.6 is 0 Å². The lowest BCUT2D eigenvalue weighted by Gasteiger charge is -2.24. The molecule has 0 spiro atoms. The van der Waals surface area contributed by atoms with Gasteiger partial charge in [-0.1, -0.05) is 12.1 Å². The summed E-state index contributed by atoms with van der Waals surface area (Å²) in [6, 6.07) is 12.7. The number of amides is 2. The van der Waals surface area contributed by atoms with Gasteiger partial charge in [0.15, 0.2) is 0 Å². The number of benzene rings is 2.